The molecule has 1 amide bonds. The maximum absolute atomic E-state index is 11.3. The summed E-state index contributed by atoms with van der Waals surface area (Å²) in [6, 6.07) is 18.7. The third kappa shape index (κ3) is 4.36. The summed E-state index contributed by atoms with van der Waals surface area (Å²) >= 11 is 0. The number of nitrogens with zero attached hydrogens (tertiary/aromatic N) is 1. The summed E-state index contributed by atoms with van der Waals surface area (Å²) in [6.07, 6.45) is 1.00. The van der Waals surface area contributed by atoms with Crippen LogP contribution in [0.2, 0.25) is 0 Å². The third-order valence-electron chi connectivity index (χ3n) is 4.45. The highest BCUT2D eigenvalue weighted by Gasteiger charge is 2.34. The van der Waals surface area contributed by atoms with Crippen LogP contribution in [0.4, 0.5) is 11.4 Å². The Hall–Kier alpha value is -2.33. The zero-order chi connectivity index (χ0) is 17.0. The van der Waals surface area contributed by atoms with Crippen LogP contribution in [-0.4, -0.2) is 29.4 Å². The second-order valence-electron chi connectivity index (χ2n) is 6.89. The number of amides is 1. The predicted octanol–water partition coefficient (Wildman–Crippen LogP) is 3.53. The van der Waals surface area contributed by atoms with Gasteiger partial charge in [-0.05, 0) is 43.2 Å². The van der Waals surface area contributed by atoms with Gasteiger partial charge >= 0.3 is 0 Å². The number of anilines is 2. The predicted molar refractivity (Wildman–Crippen MR) is 98.3 cm³/mol. The molecule has 1 saturated heterocycles. The number of para-hydroxylation sites is 1. The average molecular weight is 323 g/mol. The minimum Gasteiger partial charge on any atom is -0.356 e. The molecule has 0 saturated carbocycles. The SMILES string of the molecule is CC(=O)NC1(C)CCN(Cc2ccc(Nc3ccccc3)cc2)C1. The molecule has 2 aromatic rings. The molecule has 24 heavy (non-hydrogen) atoms. The van der Waals surface area contributed by atoms with Crippen LogP contribution < -0.4 is 10.6 Å². The molecule has 1 unspecified atom stereocenters. The first-order valence-electron chi connectivity index (χ1n) is 8.45. The Bertz CT molecular complexity index is 684. The van der Waals surface area contributed by atoms with E-state index in [1.165, 1.54) is 5.56 Å². The second kappa shape index (κ2) is 7.05. The smallest absolute Gasteiger partial charge is 0.217 e. The van der Waals surface area contributed by atoms with Gasteiger partial charge in [0.05, 0.1) is 5.54 Å². The lowest BCUT2D eigenvalue weighted by atomic mass is 10.0. The van der Waals surface area contributed by atoms with E-state index >= 15 is 0 Å². The van der Waals surface area contributed by atoms with Gasteiger partial charge in [0.15, 0.2) is 0 Å². The summed E-state index contributed by atoms with van der Waals surface area (Å²) < 4.78 is 0. The summed E-state index contributed by atoms with van der Waals surface area (Å²) in [5.41, 5.74) is 3.38. The Morgan fingerprint density at radius 3 is 2.42 bits per heavy atom. The first kappa shape index (κ1) is 16.5. The Morgan fingerprint density at radius 1 is 1.08 bits per heavy atom. The summed E-state index contributed by atoms with van der Waals surface area (Å²) in [6.45, 7) is 6.55. The number of hydrogen-bond donors (Lipinski definition) is 2. The molecule has 0 bridgehead atoms. The maximum atomic E-state index is 11.3. The van der Waals surface area contributed by atoms with E-state index in [1.54, 1.807) is 6.92 Å². The van der Waals surface area contributed by atoms with E-state index in [0.717, 1.165) is 37.4 Å². The average Bonchev–Trinajstić information content (AvgIpc) is 2.90. The number of benzene rings is 2. The van der Waals surface area contributed by atoms with Crippen molar-refractivity contribution in [1.82, 2.24) is 10.2 Å². The summed E-state index contributed by atoms with van der Waals surface area (Å²) in [7, 11) is 0. The topological polar surface area (TPSA) is 44.4 Å². The number of likely N-dealkylation sites (tertiary alicyclic amines) is 1. The standard InChI is InChI=1S/C20H25N3O/c1-16(24)22-20(2)12-13-23(15-20)14-17-8-10-19(11-9-17)21-18-6-4-3-5-7-18/h3-11,21H,12-15H2,1-2H3,(H,22,24). The van der Waals surface area contributed by atoms with Crippen molar-refractivity contribution in [2.24, 2.45) is 0 Å². The van der Waals surface area contributed by atoms with E-state index in [-0.39, 0.29) is 11.4 Å². The van der Waals surface area contributed by atoms with Crippen molar-refractivity contribution >= 4 is 17.3 Å². The molecule has 4 nitrogen and oxygen atoms in total. The molecule has 0 spiro atoms. The van der Waals surface area contributed by atoms with E-state index in [2.05, 4.69) is 58.9 Å². The Labute approximate surface area is 143 Å². The van der Waals surface area contributed by atoms with Crippen molar-refractivity contribution < 1.29 is 4.79 Å². The Morgan fingerprint density at radius 2 is 1.75 bits per heavy atom. The fourth-order valence-electron chi connectivity index (χ4n) is 3.36. The van der Waals surface area contributed by atoms with Crippen LogP contribution >= 0.6 is 0 Å². The van der Waals surface area contributed by atoms with Gasteiger partial charge in [0.25, 0.3) is 0 Å². The molecule has 1 heterocycles. The van der Waals surface area contributed by atoms with Crippen molar-refractivity contribution in [1.29, 1.82) is 0 Å². The molecule has 1 aliphatic heterocycles. The van der Waals surface area contributed by atoms with Gasteiger partial charge in [0.2, 0.25) is 5.91 Å². The summed E-state index contributed by atoms with van der Waals surface area (Å²) in [4.78, 5) is 13.7. The van der Waals surface area contributed by atoms with Crippen LogP contribution in [0.1, 0.15) is 25.8 Å². The van der Waals surface area contributed by atoms with Crippen LogP contribution in [0.25, 0.3) is 0 Å². The first-order valence-corrected chi connectivity index (χ1v) is 8.45. The zero-order valence-electron chi connectivity index (χ0n) is 14.4. The molecular weight excluding hydrogens is 298 g/mol. The molecule has 0 aliphatic carbocycles. The van der Waals surface area contributed by atoms with Gasteiger partial charge in [-0.25, -0.2) is 0 Å². The van der Waals surface area contributed by atoms with Gasteiger partial charge in [-0.2, -0.15) is 0 Å². The van der Waals surface area contributed by atoms with E-state index in [1.807, 2.05) is 18.2 Å². The molecule has 4 heteroatoms. The summed E-state index contributed by atoms with van der Waals surface area (Å²) in [5.74, 6) is 0.0516. The van der Waals surface area contributed by atoms with E-state index in [4.69, 9.17) is 0 Å². The Kier molecular flexibility index (Phi) is 4.86. The third-order valence-corrected chi connectivity index (χ3v) is 4.45. The van der Waals surface area contributed by atoms with Crippen molar-refractivity contribution in [2.75, 3.05) is 18.4 Å². The lowest BCUT2D eigenvalue weighted by molar-refractivity contribution is -0.120. The fraction of sp³-hybridized carbons (Fsp3) is 0.350. The minimum absolute atomic E-state index is 0.0516. The van der Waals surface area contributed by atoms with E-state index in [0.29, 0.717) is 0 Å². The monoisotopic (exact) mass is 323 g/mol. The maximum Gasteiger partial charge on any atom is 0.217 e. The molecule has 0 radical (unpaired) electrons. The second-order valence-corrected chi connectivity index (χ2v) is 6.89. The number of nitrogens with one attached hydrogen (secondary N) is 2. The number of carbonyl (C=O) groups excluding carboxylic acids is 1. The molecule has 3 rings (SSSR count). The molecule has 0 aromatic heterocycles. The fourth-order valence-corrected chi connectivity index (χ4v) is 3.36. The van der Waals surface area contributed by atoms with Crippen molar-refractivity contribution in [3.8, 4) is 0 Å². The lowest BCUT2D eigenvalue weighted by Gasteiger charge is -2.25. The summed E-state index contributed by atoms with van der Waals surface area (Å²) in [5, 5.41) is 6.48. The van der Waals surface area contributed by atoms with Crippen molar-refractivity contribution in [3.63, 3.8) is 0 Å². The number of hydrogen-bond acceptors (Lipinski definition) is 3. The van der Waals surface area contributed by atoms with Crippen molar-refractivity contribution in [2.45, 2.75) is 32.4 Å². The highest BCUT2D eigenvalue weighted by molar-refractivity contribution is 5.73. The van der Waals surface area contributed by atoms with Gasteiger partial charge < -0.3 is 10.6 Å². The van der Waals surface area contributed by atoms with Crippen molar-refractivity contribution in [3.05, 3.63) is 60.2 Å². The van der Waals surface area contributed by atoms with Gasteiger partial charge in [0.1, 0.15) is 0 Å². The Balaban J connectivity index is 1.56. The normalized spacial score (nSPS) is 20.8. The lowest BCUT2D eigenvalue weighted by Crippen LogP contribution is -2.46. The van der Waals surface area contributed by atoms with Gasteiger partial charge in [0, 0.05) is 37.9 Å². The minimum atomic E-state index is -0.0966. The molecule has 126 valence electrons. The van der Waals surface area contributed by atoms with E-state index < -0.39 is 0 Å². The quantitative estimate of drug-likeness (QED) is 0.885. The number of rotatable bonds is 5. The molecule has 1 aliphatic rings. The molecule has 2 aromatic carbocycles. The van der Waals surface area contributed by atoms with Gasteiger partial charge in [-0.3, -0.25) is 9.69 Å². The zero-order valence-corrected chi connectivity index (χ0v) is 14.4. The molecule has 2 N–H and O–H groups in total. The van der Waals surface area contributed by atoms with E-state index in [9.17, 15) is 4.79 Å². The molecule has 1 fully saturated rings. The van der Waals surface area contributed by atoms with Gasteiger partial charge in [-0.15, -0.1) is 0 Å². The molecule has 1 atom stereocenters. The highest BCUT2D eigenvalue weighted by Crippen LogP contribution is 2.23. The van der Waals surface area contributed by atoms with Gasteiger partial charge in [-0.1, -0.05) is 30.3 Å². The highest BCUT2D eigenvalue weighted by atomic mass is 16.1. The van der Waals surface area contributed by atoms with Crippen LogP contribution in [0.5, 0.6) is 0 Å². The largest absolute Gasteiger partial charge is 0.356 e. The number of carbonyl (C=O) groups is 1. The van der Waals surface area contributed by atoms with Crippen LogP contribution in [0.3, 0.4) is 0 Å². The first-order chi connectivity index (χ1) is 11.5. The van der Waals surface area contributed by atoms with Crippen LogP contribution in [0.15, 0.2) is 54.6 Å². The molecular formula is C20H25N3O. The van der Waals surface area contributed by atoms with Crippen LogP contribution in [-0.2, 0) is 11.3 Å². The van der Waals surface area contributed by atoms with Crippen LogP contribution in [0, 0.1) is 0 Å².